The Hall–Kier alpha value is -2.75. The molecule has 4 rings (SSSR count). The van der Waals surface area contributed by atoms with Gasteiger partial charge in [0.05, 0.1) is 12.7 Å². The van der Waals surface area contributed by atoms with E-state index in [1.807, 2.05) is 43.3 Å². The fourth-order valence-corrected chi connectivity index (χ4v) is 3.43. The molecule has 0 bridgehead atoms. The maximum Gasteiger partial charge on any atom is 0.334 e. The van der Waals surface area contributed by atoms with Crippen LogP contribution in [0.3, 0.4) is 0 Å². The van der Waals surface area contributed by atoms with Crippen LogP contribution in [0, 0.1) is 0 Å². The van der Waals surface area contributed by atoms with Crippen LogP contribution in [0.5, 0.6) is 11.5 Å². The summed E-state index contributed by atoms with van der Waals surface area (Å²) in [6.07, 6.45) is 0. The number of ether oxygens (including phenoxy) is 3. The molecule has 0 N–H and O–H groups in total. The molecule has 2 aliphatic rings. The summed E-state index contributed by atoms with van der Waals surface area (Å²) in [5, 5.41) is 0. The average molecular weight is 308 g/mol. The molecule has 1 aliphatic carbocycles. The number of esters is 1. The van der Waals surface area contributed by atoms with Gasteiger partial charge in [-0.15, -0.1) is 0 Å². The summed E-state index contributed by atoms with van der Waals surface area (Å²) in [6.45, 7) is 2.21. The van der Waals surface area contributed by atoms with E-state index in [1.54, 1.807) is 0 Å². The van der Waals surface area contributed by atoms with Gasteiger partial charge in [0, 0.05) is 5.92 Å². The highest BCUT2D eigenvalue weighted by Gasteiger charge is 2.35. The van der Waals surface area contributed by atoms with Crippen molar-refractivity contribution in [2.24, 2.45) is 0 Å². The molecule has 4 nitrogen and oxygen atoms in total. The number of carbonyl (C=O) groups excluding carboxylic acids is 1. The van der Waals surface area contributed by atoms with E-state index in [4.69, 9.17) is 14.2 Å². The van der Waals surface area contributed by atoms with Crippen LogP contribution in [0.25, 0.3) is 5.57 Å². The molecule has 2 aromatic carbocycles. The Bertz CT molecular complexity index is 835. The van der Waals surface area contributed by atoms with Crippen molar-refractivity contribution in [1.82, 2.24) is 0 Å². The predicted molar refractivity (Wildman–Crippen MR) is 85.5 cm³/mol. The second-order valence-corrected chi connectivity index (χ2v) is 5.66. The molecule has 0 fully saturated rings. The number of allylic oxidation sites excluding steroid dienone is 1. The summed E-state index contributed by atoms with van der Waals surface area (Å²) in [5.41, 5.74) is 4.86. The largest absolute Gasteiger partial charge is 0.466 e. The first kappa shape index (κ1) is 13.9. The van der Waals surface area contributed by atoms with E-state index < -0.39 is 0 Å². The number of carbonyl (C=O) groups is 1. The predicted octanol–water partition coefficient (Wildman–Crippen LogP) is 3.51. The van der Waals surface area contributed by atoms with Gasteiger partial charge in [-0.3, -0.25) is 0 Å². The van der Waals surface area contributed by atoms with Gasteiger partial charge in [0.2, 0.25) is 6.79 Å². The summed E-state index contributed by atoms with van der Waals surface area (Å²) in [5.74, 6) is 1.02. The molecule has 0 radical (unpaired) electrons. The van der Waals surface area contributed by atoms with Crippen LogP contribution >= 0.6 is 0 Å². The lowest BCUT2D eigenvalue weighted by molar-refractivity contribution is -0.136. The number of methoxy groups -OCH3 is 1. The topological polar surface area (TPSA) is 44.8 Å². The van der Waals surface area contributed by atoms with Crippen LogP contribution in [0.4, 0.5) is 0 Å². The quantitative estimate of drug-likeness (QED) is 0.796. The van der Waals surface area contributed by atoms with Crippen LogP contribution in [-0.2, 0) is 9.53 Å². The Morgan fingerprint density at radius 3 is 2.74 bits per heavy atom. The van der Waals surface area contributed by atoms with Gasteiger partial charge in [0.15, 0.2) is 11.5 Å². The lowest BCUT2D eigenvalue weighted by atomic mass is 9.88. The van der Waals surface area contributed by atoms with Crippen molar-refractivity contribution < 1.29 is 19.0 Å². The summed E-state index contributed by atoms with van der Waals surface area (Å²) in [6, 6.07) is 13.9. The molecular formula is C19H16O4. The molecule has 0 amide bonds. The standard InChI is InChI=1S/C19H16O4/c1-11-13-5-3-4-6-14(13)18(17(11)19(20)21-2)12-7-8-15-16(9-12)23-10-22-15/h3-9,18H,10H2,1-2H3. The Labute approximate surface area is 134 Å². The fourth-order valence-electron chi connectivity index (χ4n) is 3.43. The highest BCUT2D eigenvalue weighted by Crippen LogP contribution is 2.47. The van der Waals surface area contributed by atoms with Gasteiger partial charge in [-0.05, 0) is 41.3 Å². The van der Waals surface area contributed by atoms with Crippen LogP contribution in [0.2, 0.25) is 0 Å². The molecule has 1 unspecified atom stereocenters. The zero-order chi connectivity index (χ0) is 16.0. The molecule has 0 saturated heterocycles. The minimum atomic E-state index is -0.290. The van der Waals surface area contributed by atoms with Crippen molar-refractivity contribution in [1.29, 1.82) is 0 Å². The zero-order valence-corrected chi connectivity index (χ0v) is 13.0. The highest BCUT2D eigenvalue weighted by atomic mass is 16.7. The molecule has 0 aromatic heterocycles. The van der Waals surface area contributed by atoms with Gasteiger partial charge in [-0.25, -0.2) is 4.79 Å². The van der Waals surface area contributed by atoms with E-state index in [0.29, 0.717) is 11.3 Å². The van der Waals surface area contributed by atoms with E-state index in [-0.39, 0.29) is 18.7 Å². The second-order valence-electron chi connectivity index (χ2n) is 5.66. The SMILES string of the molecule is COC(=O)C1=C(C)c2ccccc2C1c1ccc2c(c1)OCO2. The van der Waals surface area contributed by atoms with Crippen LogP contribution in [0.15, 0.2) is 48.0 Å². The van der Waals surface area contributed by atoms with E-state index in [2.05, 4.69) is 6.07 Å². The average Bonchev–Trinajstić information content (AvgIpc) is 3.16. The molecule has 1 aliphatic heterocycles. The van der Waals surface area contributed by atoms with Gasteiger partial charge in [0.25, 0.3) is 0 Å². The van der Waals surface area contributed by atoms with Gasteiger partial charge in [-0.1, -0.05) is 30.3 Å². The minimum Gasteiger partial charge on any atom is -0.466 e. The molecular weight excluding hydrogens is 292 g/mol. The van der Waals surface area contributed by atoms with Crippen molar-refractivity contribution in [2.45, 2.75) is 12.8 Å². The van der Waals surface area contributed by atoms with Crippen LogP contribution in [0.1, 0.15) is 29.5 Å². The van der Waals surface area contributed by atoms with Crippen molar-refractivity contribution in [3.05, 3.63) is 64.7 Å². The van der Waals surface area contributed by atoms with Crippen molar-refractivity contribution in [2.75, 3.05) is 13.9 Å². The Kier molecular flexibility index (Phi) is 3.11. The number of hydrogen-bond donors (Lipinski definition) is 0. The van der Waals surface area contributed by atoms with E-state index in [9.17, 15) is 4.79 Å². The molecule has 2 aromatic rings. The third-order valence-electron chi connectivity index (χ3n) is 4.50. The van der Waals surface area contributed by atoms with Gasteiger partial charge in [-0.2, -0.15) is 0 Å². The van der Waals surface area contributed by atoms with Crippen LogP contribution in [-0.4, -0.2) is 19.9 Å². The molecule has 4 heteroatoms. The first-order valence-electron chi connectivity index (χ1n) is 7.48. The smallest absolute Gasteiger partial charge is 0.334 e. The molecule has 23 heavy (non-hydrogen) atoms. The molecule has 1 atom stereocenters. The van der Waals surface area contributed by atoms with Crippen molar-refractivity contribution >= 4 is 11.5 Å². The number of hydrogen-bond acceptors (Lipinski definition) is 4. The first-order valence-corrected chi connectivity index (χ1v) is 7.48. The summed E-state index contributed by atoms with van der Waals surface area (Å²) < 4.78 is 15.9. The summed E-state index contributed by atoms with van der Waals surface area (Å²) in [7, 11) is 1.42. The summed E-state index contributed by atoms with van der Waals surface area (Å²) in [4.78, 5) is 12.4. The maximum absolute atomic E-state index is 12.4. The lowest BCUT2D eigenvalue weighted by Gasteiger charge is -2.16. The number of fused-ring (bicyclic) bond motifs is 2. The van der Waals surface area contributed by atoms with Gasteiger partial charge in [0.1, 0.15) is 0 Å². The molecule has 116 valence electrons. The maximum atomic E-state index is 12.4. The van der Waals surface area contributed by atoms with E-state index in [0.717, 1.165) is 28.0 Å². The Balaban J connectivity index is 1.89. The minimum absolute atomic E-state index is 0.145. The van der Waals surface area contributed by atoms with E-state index in [1.165, 1.54) is 7.11 Å². The molecule has 0 saturated carbocycles. The van der Waals surface area contributed by atoms with Crippen molar-refractivity contribution in [3.8, 4) is 11.5 Å². The van der Waals surface area contributed by atoms with Crippen LogP contribution < -0.4 is 9.47 Å². The normalized spacial score (nSPS) is 18.1. The Morgan fingerprint density at radius 2 is 1.91 bits per heavy atom. The number of rotatable bonds is 2. The zero-order valence-electron chi connectivity index (χ0n) is 13.0. The third kappa shape index (κ3) is 2.02. The summed E-state index contributed by atoms with van der Waals surface area (Å²) >= 11 is 0. The molecule has 0 spiro atoms. The first-order chi connectivity index (χ1) is 11.2. The monoisotopic (exact) mass is 308 g/mol. The second kappa shape index (κ2) is 5.16. The Morgan fingerprint density at radius 1 is 1.13 bits per heavy atom. The number of benzene rings is 2. The highest BCUT2D eigenvalue weighted by molar-refractivity contribution is 6.03. The third-order valence-corrected chi connectivity index (χ3v) is 4.50. The molecule has 1 heterocycles. The van der Waals surface area contributed by atoms with Gasteiger partial charge < -0.3 is 14.2 Å². The van der Waals surface area contributed by atoms with E-state index >= 15 is 0 Å². The fraction of sp³-hybridized carbons (Fsp3) is 0.211. The van der Waals surface area contributed by atoms with Crippen molar-refractivity contribution in [3.63, 3.8) is 0 Å². The lowest BCUT2D eigenvalue weighted by Crippen LogP contribution is -2.12. The van der Waals surface area contributed by atoms with Gasteiger partial charge >= 0.3 is 5.97 Å².